The van der Waals surface area contributed by atoms with Gasteiger partial charge in [0.1, 0.15) is 11.4 Å². The number of hydrogen-bond donors (Lipinski definition) is 0. The van der Waals surface area contributed by atoms with E-state index in [4.69, 9.17) is 14.2 Å². The van der Waals surface area contributed by atoms with Crippen LogP contribution in [-0.2, 0) is 9.47 Å². The Balaban J connectivity index is 2.04. The molecule has 0 aliphatic carbocycles. The average Bonchev–Trinajstić information content (AvgIpc) is 2.46. The van der Waals surface area contributed by atoms with Gasteiger partial charge in [-0.05, 0) is 44.9 Å². The second kappa shape index (κ2) is 4.77. The normalized spacial score (nSPS) is 26.9. The molecule has 0 spiro atoms. The van der Waals surface area contributed by atoms with E-state index in [1.54, 1.807) is 6.07 Å². The largest absolute Gasteiger partial charge is 0.487 e. The van der Waals surface area contributed by atoms with Crippen molar-refractivity contribution in [2.24, 2.45) is 5.92 Å². The van der Waals surface area contributed by atoms with Crippen LogP contribution in [0.1, 0.15) is 48.7 Å². The fraction of sp³-hybridized carbons (Fsp3) is 0.562. The zero-order chi connectivity index (χ0) is 14.3. The average molecular weight is 276 g/mol. The highest BCUT2D eigenvalue weighted by Crippen LogP contribution is 2.49. The van der Waals surface area contributed by atoms with Gasteiger partial charge in [-0.3, -0.25) is 0 Å². The van der Waals surface area contributed by atoms with Gasteiger partial charge in [0.15, 0.2) is 0 Å². The molecule has 1 aromatic rings. The molecule has 3 rings (SSSR count). The zero-order valence-electron chi connectivity index (χ0n) is 12.1. The molecule has 0 aromatic heterocycles. The van der Waals surface area contributed by atoms with Gasteiger partial charge in [0.2, 0.25) is 0 Å². The van der Waals surface area contributed by atoms with Crippen molar-refractivity contribution in [3.8, 4) is 5.75 Å². The fourth-order valence-electron chi connectivity index (χ4n) is 3.27. The second-order valence-electron chi connectivity index (χ2n) is 5.99. The summed E-state index contributed by atoms with van der Waals surface area (Å²) in [5.41, 5.74) is 1.27. The van der Waals surface area contributed by atoms with Gasteiger partial charge in [-0.25, -0.2) is 4.79 Å². The number of ether oxygens (including phenoxy) is 3. The topological polar surface area (TPSA) is 44.8 Å². The minimum absolute atomic E-state index is 0.00658. The first-order valence-corrected chi connectivity index (χ1v) is 7.06. The molecule has 20 heavy (non-hydrogen) atoms. The minimum atomic E-state index is -0.329. The van der Waals surface area contributed by atoms with Gasteiger partial charge in [0, 0.05) is 18.1 Å². The van der Waals surface area contributed by atoms with Crippen LogP contribution in [0.3, 0.4) is 0 Å². The van der Waals surface area contributed by atoms with Gasteiger partial charge in [-0.1, -0.05) is 0 Å². The summed E-state index contributed by atoms with van der Waals surface area (Å²) in [6.07, 6.45) is 2.15. The summed E-state index contributed by atoms with van der Waals surface area (Å²) in [6.45, 7) is 4.98. The van der Waals surface area contributed by atoms with Crippen LogP contribution < -0.4 is 4.74 Å². The molecular formula is C16H20O4. The molecule has 0 N–H and O–H groups in total. The lowest BCUT2D eigenvalue weighted by atomic mass is 9.76. The zero-order valence-corrected chi connectivity index (χ0v) is 12.1. The Bertz CT molecular complexity index is 535. The molecule has 1 aromatic carbocycles. The van der Waals surface area contributed by atoms with Crippen LogP contribution in [-0.4, -0.2) is 25.3 Å². The highest BCUT2D eigenvalue weighted by atomic mass is 16.5. The monoisotopic (exact) mass is 276 g/mol. The molecule has 0 bridgehead atoms. The number of benzene rings is 1. The van der Waals surface area contributed by atoms with Crippen LogP contribution in [0.5, 0.6) is 5.75 Å². The molecule has 1 fully saturated rings. The van der Waals surface area contributed by atoms with Crippen LogP contribution >= 0.6 is 0 Å². The number of carbonyl (C=O) groups is 1. The summed E-state index contributed by atoms with van der Waals surface area (Å²) >= 11 is 0. The lowest BCUT2D eigenvalue weighted by molar-refractivity contribution is -0.116. The Morgan fingerprint density at radius 2 is 2.20 bits per heavy atom. The van der Waals surface area contributed by atoms with E-state index in [9.17, 15) is 4.79 Å². The molecule has 2 atom stereocenters. The van der Waals surface area contributed by atoms with Crippen molar-refractivity contribution in [3.63, 3.8) is 0 Å². The fourth-order valence-corrected chi connectivity index (χ4v) is 3.27. The molecule has 2 heterocycles. The van der Waals surface area contributed by atoms with E-state index in [0.717, 1.165) is 30.8 Å². The second-order valence-corrected chi connectivity index (χ2v) is 5.99. The quantitative estimate of drug-likeness (QED) is 0.739. The van der Waals surface area contributed by atoms with Crippen molar-refractivity contribution in [2.75, 3.05) is 13.7 Å². The van der Waals surface area contributed by atoms with Crippen LogP contribution in [0.15, 0.2) is 18.2 Å². The van der Waals surface area contributed by atoms with Crippen molar-refractivity contribution < 1.29 is 19.0 Å². The Morgan fingerprint density at radius 3 is 2.95 bits per heavy atom. The van der Waals surface area contributed by atoms with Gasteiger partial charge >= 0.3 is 5.97 Å². The highest BCUT2D eigenvalue weighted by molar-refractivity contribution is 5.89. The van der Waals surface area contributed by atoms with Crippen molar-refractivity contribution in [1.82, 2.24) is 0 Å². The summed E-state index contributed by atoms with van der Waals surface area (Å²) in [6, 6.07) is 5.43. The minimum Gasteiger partial charge on any atom is -0.487 e. The highest BCUT2D eigenvalue weighted by Gasteiger charge is 2.45. The predicted octanol–water partition coefficient (Wildman–Crippen LogP) is 3.11. The molecule has 1 saturated heterocycles. The van der Waals surface area contributed by atoms with Crippen LogP contribution in [0, 0.1) is 5.92 Å². The smallest absolute Gasteiger partial charge is 0.337 e. The molecule has 0 radical (unpaired) electrons. The van der Waals surface area contributed by atoms with E-state index < -0.39 is 0 Å². The lowest BCUT2D eigenvalue weighted by Gasteiger charge is -2.47. The lowest BCUT2D eigenvalue weighted by Crippen LogP contribution is -2.47. The van der Waals surface area contributed by atoms with E-state index in [1.165, 1.54) is 7.11 Å². The Morgan fingerprint density at radius 1 is 1.40 bits per heavy atom. The van der Waals surface area contributed by atoms with Crippen molar-refractivity contribution in [1.29, 1.82) is 0 Å². The van der Waals surface area contributed by atoms with Crippen molar-refractivity contribution in [3.05, 3.63) is 29.3 Å². The Hall–Kier alpha value is -1.55. The third kappa shape index (κ3) is 2.08. The van der Waals surface area contributed by atoms with E-state index in [-0.39, 0.29) is 17.7 Å². The Kier molecular flexibility index (Phi) is 3.21. The van der Waals surface area contributed by atoms with E-state index in [2.05, 4.69) is 13.8 Å². The maximum atomic E-state index is 11.7. The van der Waals surface area contributed by atoms with Gasteiger partial charge in [0.05, 0.1) is 18.8 Å². The summed E-state index contributed by atoms with van der Waals surface area (Å²) < 4.78 is 16.9. The Labute approximate surface area is 119 Å². The molecule has 0 unspecified atom stereocenters. The molecule has 0 amide bonds. The van der Waals surface area contributed by atoms with Crippen LogP contribution in [0.4, 0.5) is 0 Å². The van der Waals surface area contributed by atoms with E-state index in [0.29, 0.717) is 11.5 Å². The number of esters is 1. The van der Waals surface area contributed by atoms with Crippen molar-refractivity contribution >= 4 is 5.97 Å². The van der Waals surface area contributed by atoms with E-state index >= 15 is 0 Å². The standard InChI is InChI=1S/C16H20O4/c1-16(2)12-5-4-8-19-14(12)11-9-10(15(17)18-3)6-7-13(11)20-16/h6-7,9,12,14H,4-5,8H2,1-3H3/t12-,14+/m0/s1. The summed E-state index contributed by atoms with van der Waals surface area (Å²) in [5, 5.41) is 0. The SMILES string of the molecule is COC(=O)c1ccc2c(c1)[C@H]1OCCC[C@@H]1C(C)(C)O2. The molecule has 108 valence electrons. The number of fused-ring (bicyclic) bond motifs is 3. The first kappa shape index (κ1) is 13.4. The van der Waals surface area contributed by atoms with Gasteiger partial charge < -0.3 is 14.2 Å². The summed E-state index contributed by atoms with van der Waals surface area (Å²) in [5.74, 6) is 0.799. The van der Waals surface area contributed by atoms with Gasteiger partial charge in [0.25, 0.3) is 0 Å². The summed E-state index contributed by atoms with van der Waals surface area (Å²) in [4.78, 5) is 11.7. The molecule has 2 aliphatic heterocycles. The molecule has 0 saturated carbocycles. The van der Waals surface area contributed by atoms with Crippen LogP contribution in [0.2, 0.25) is 0 Å². The third-order valence-electron chi connectivity index (χ3n) is 4.33. The first-order valence-electron chi connectivity index (χ1n) is 7.06. The maximum Gasteiger partial charge on any atom is 0.337 e. The predicted molar refractivity (Wildman–Crippen MR) is 73.9 cm³/mol. The maximum absolute atomic E-state index is 11.7. The van der Waals surface area contributed by atoms with Crippen molar-refractivity contribution in [2.45, 2.75) is 38.4 Å². The van der Waals surface area contributed by atoms with E-state index in [1.807, 2.05) is 12.1 Å². The number of methoxy groups -OCH3 is 1. The van der Waals surface area contributed by atoms with Crippen LogP contribution in [0.25, 0.3) is 0 Å². The molecule has 2 aliphatic rings. The summed E-state index contributed by atoms with van der Waals surface area (Å²) in [7, 11) is 1.39. The first-order chi connectivity index (χ1) is 9.53. The molecule has 4 heteroatoms. The number of rotatable bonds is 1. The van der Waals surface area contributed by atoms with Gasteiger partial charge in [-0.2, -0.15) is 0 Å². The van der Waals surface area contributed by atoms with Gasteiger partial charge in [-0.15, -0.1) is 0 Å². The molecular weight excluding hydrogens is 256 g/mol. The third-order valence-corrected chi connectivity index (χ3v) is 4.33. The number of hydrogen-bond acceptors (Lipinski definition) is 4. The number of carbonyl (C=O) groups excluding carboxylic acids is 1. The molecule has 4 nitrogen and oxygen atoms in total.